The van der Waals surface area contributed by atoms with Crippen LogP contribution in [0.5, 0.6) is 0 Å². The minimum absolute atomic E-state index is 0.283. The van der Waals surface area contributed by atoms with Crippen molar-refractivity contribution in [3.05, 3.63) is 0 Å². The number of fused-ring (bicyclic) bond motifs is 2. The molecule has 1 aliphatic carbocycles. The minimum atomic E-state index is 0.283. The summed E-state index contributed by atoms with van der Waals surface area (Å²) in [5.41, 5.74) is 6.45. The summed E-state index contributed by atoms with van der Waals surface area (Å²) in [7, 11) is 2.31. The lowest BCUT2D eigenvalue weighted by Crippen LogP contribution is -2.60. The summed E-state index contributed by atoms with van der Waals surface area (Å²) < 4.78 is 0. The standard InChI is InChI=1S/C14H24N4/c1-17-11-4-5-12(17)7-14(6-11)9-16-13(15)18(14)8-10-2-3-10/h10-12H,2-9H2,1H3,(H2,15,16). The minimum Gasteiger partial charge on any atom is -0.370 e. The van der Waals surface area contributed by atoms with E-state index in [9.17, 15) is 0 Å². The Morgan fingerprint density at radius 3 is 2.50 bits per heavy atom. The summed E-state index contributed by atoms with van der Waals surface area (Å²) in [4.78, 5) is 9.69. The van der Waals surface area contributed by atoms with Gasteiger partial charge in [-0.3, -0.25) is 4.99 Å². The van der Waals surface area contributed by atoms with Crippen LogP contribution in [0.4, 0.5) is 0 Å². The molecule has 0 aromatic rings. The molecule has 4 nitrogen and oxygen atoms in total. The first-order chi connectivity index (χ1) is 8.68. The van der Waals surface area contributed by atoms with Crippen molar-refractivity contribution in [1.82, 2.24) is 9.80 Å². The van der Waals surface area contributed by atoms with E-state index in [0.717, 1.165) is 30.5 Å². The van der Waals surface area contributed by atoms with Crippen molar-refractivity contribution in [3.8, 4) is 0 Å². The first kappa shape index (κ1) is 11.1. The smallest absolute Gasteiger partial charge is 0.191 e. The van der Waals surface area contributed by atoms with Crippen molar-refractivity contribution in [1.29, 1.82) is 0 Å². The molecule has 2 unspecified atom stereocenters. The SMILES string of the molecule is CN1C2CCC1CC1(CN=C(N)N1CC1CC1)C2. The molecule has 18 heavy (non-hydrogen) atoms. The van der Waals surface area contributed by atoms with Gasteiger partial charge in [0.2, 0.25) is 0 Å². The van der Waals surface area contributed by atoms with E-state index in [4.69, 9.17) is 5.73 Å². The molecule has 3 fully saturated rings. The maximum atomic E-state index is 6.17. The fraction of sp³-hybridized carbons (Fsp3) is 0.929. The monoisotopic (exact) mass is 248 g/mol. The van der Waals surface area contributed by atoms with Crippen LogP contribution in [0.3, 0.4) is 0 Å². The van der Waals surface area contributed by atoms with E-state index >= 15 is 0 Å². The second-order valence-corrected chi connectivity index (χ2v) is 6.91. The lowest BCUT2D eigenvalue weighted by Gasteiger charge is -2.48. The van der Waals surface area contributed by atoms with Crippen LogP contribution < -0.4 is 5.73 Å². The summed E-state index contributed by atoms with van der Waals surface area (Å²) in [5.74, 6) is 1.72. The van der Waals surface area contributed by atoms with Gasteiger partial charge in [-0.25, -0.2) is 0 Å². The number of piperidine rings is 1. The number of nitrogens with zero attached hydrogens (tertiary/aromatic N) is 3. The van der Waals surface area contributed by atoms with Crippen LogP contribution in [0, 0.1) is 5.92 Å². The Labute approximate surface area is 109 Å². The van der Waals surface area contributed by atoms with Crippen LogP contribution >= 0.6 is 0 Å². The van der Waals surface area contributed by atoms with E-state index in [1.54, 1.807) is 0 Å². The molecule has 4 heteroatoms. The van der Waals surface area contributed by atoms with Gasteiger partial charge in [-0.1, -0.05) is 0 Å². The largest absolute Gasteiger partial charge is 0.370 e. The zero-order valence-corrected chi connectivity index (χ0v) is 11.3. The van der Waals surface area contributed by atoms with Crippen molar-refractivity contribution in [2.24, 2.45) is 16.6 Å². The number of hydrogen-bond donors (Lipinski definition) is 1. The predicted octanol–water partition coefficient (Wildman–Crippen LogP) is 1.02. The molecule has 1 spiro atoms. The summed E-state index contributed by atoms with van der Waals surface area (Å²) in [6.07, 6.45) is 8.09. The molecule has 2 N–H and O–H groups in total. The molecule has 0 aromatic heterocycles. The fourth-order valence-electron chi connectivity index (χ4n) is 4.38. The topological polar surface area (TPSA) is 44.9 Å². The molecule has 3 aliphatic heterocycles. The van der Waals surface area contributed by atoms with Crippen molar-refractivity contribution >= 4 is 5.96 Å². The zero-order valence-electron chi connectivity index (χ0n) is 11.3. The van der Waals surface area contributed by atoms with Gasteiger partial charge < -0.3 is 15.5 Å². The normalized spacial score (nSPS) is 43.8. The average Bonchev–Trinajstić information content (AvgIpc) is 3.09. The van der Waals surface area contributed by atoms with E-state index < -0.39 is 0 Å². The molecule has 100 valence electrons. The zero-order chi connectivity index (χ0) is 12.3. The van der Waals surface area contributed by atoms with Crippen LogP contribution in [-0.2, 0) is 0 Å². The summed E-state index contributed by atoms with van der Waals surface area (Å²) in [6.45, 7) is 2.12. The Hall–Kier alpha value is -0.770. The van der Waals surface area contributed by atoms with Crippen LogP contribution in [0.25, 0.3) is 0 Å². The van der Waals surface area contributed by atoms with Crippen LogP contribution in [0.1, 0.15) is 38.5 Å². The van der Waals surface area contributed by atoms with E-state index in [2.05, 4.69) is 21.8 Å². The van der Waals surface area contributed by atoms with Crippen LogP contribution in [-0.4, -0.2) is 53.5 Å². The quantitative estimate of drug-likeness (QED) is 0.793. The Bertz CT molecular complexity index is 373. The molecule has 0 radical (unpaired) electrons. The van der Waals surface area contributed by atoms with E-state index in [1.165, 1.54) is 45.1 Å². The number of guanidine groups is 1. The summed E-state index contributed by atoms with van der Waals surface area (Å²) in [6, 6.07) is 1.54. The average molecular weight is 248 g/mol. The molecule has 4 rings (SSSR count). The van der Waals surface area contributed by atoms with Gasteiger partial charge in [0.15, 0.2) is 5.96 Å². The van der Waals surface area contributed by atoms with Gasteiger partial charge in [-0.15, -0.1) is 0 Å². The van der Waals surface area contributed by atoms with Crippen molar-refractivity contribution in [2.45, 2.75) is 56.1 Å². The van der Waals surface area contributed by atoms with Gasteiger partial charge in [0, 0.05) is 18.6 Å². The lowest BCUT2D eigenvalue weighted by atomic mass is 9.82. The van der Waals surface area contributed by atoms with E-state index in [-0.39, 0.29) is 5.54 Å². The van der Waals surface area contributed by atoms with Gasteiger partial charge in [-0.05, 0) is 51.5 Å². The van der Waals surface area contributed by atoms with Gasteiger partial charge in [0.05, 0.1) is 12.1 Å². The second kappa shape index (κ2) is 3.62. The van der Waals surface area contributed by atoms with Gasteiger partial charge in [0.1, 0.15) is 0 Å². The Kier molecular flexibility index (Phi) is 2.23. The van der Waals surface area contributed by atoms with E-state index in [1.807, 2.05) is 0 Å². The molecule has 3 heterocycles. The molecule has 2 bridgehead atoms. The highest BCUT2D eigenvalue weighted by atomic mass is 15.4. The summed E-state index contributed by atoms with van der Waals surface area (Å²) in [5, 5.41) is 0. The highest BCUT2D eigenvalue weighted by Crippen LogP contribution is 2.45. The molecule has 2 saturated heterocycles. The van der Waals surface area contributed by atoms with Crippen molar-refractivity contribution in [3.63, 3.8) is 0 Å². The number of rotatable bonds is 2. The van der Waals surface area contributed by atoms with E-state index in [0.29, 0.717) is 0 Å². The molecule has 0 amide bonds. The molecule has 1 saturated carbocycles. The third-order valence-corrected chi connectivity index (χ3v) is 5.74. The Balaban J connectivity index is 1.59. The fourth-order valence-corrected chi connectivity index (χ4v) is 4.38. The number of nitrogens with two attached hydrogens (primary N) is 1. The highest BCUT2D eigenvalue weighted by Gasteiger charge is 2.53. The van der Waals surface area contributed by atoms with Crippen LogP contribution in [0.2, 0.25) is 0 Å². The first-order valence-corrected chi connectivity index (χ1v) is 7.47. The second-order valence-electron chi connectivity index (χ2n) is 6.91. The number of hydrogen-bond acceptors (Lipinski definition) is 4. The van der Waals surface area contributed by atoms with Crippen molar-refractivity contribution < 1.29 is 0 Å². The predicted molar refractivity (Wildman–Crippen MR) is 72.5 cm³/mol. The Morgan fingerprint density at radius 1 is 1.22 bits per heavy atom. The van der Waals surface area contributed by atoms with Crippen LogP contribution in [0.15, 0.2) is 4.99 Å². The third kappa shape index (κ3) is 1.51. The maximum Gasteiger partial charge on any atom is 0.191 e. The van der Waals surface area contributed by atoms with Gasteiger partial charge >= 0.3 is 0 Å². The molecular formula is C14H24N4. The maximum absolute atomic E-state index is 6.17. The lowest BCUT2D eigenvalue weighted by molar-refractivity contribution is 0.0481. The third-order valence-electron chi connectivity index (χ3n) is 5.74. The van der Waals surface area contributed by atoms with Crippen molar-refractivity contribution in [2.75, 3.05) is 20.1 Å². The highest BCUT2D eigenvalue weighted by molar-refractivity contribution is 5.81. The van der Waals surface area contributed by atoms with Gasteiger partial charge in [-0.2, -0.15) is 0 Å². The molecule has 4 aliphatic rings. The summed E-state index contributed by atoms with van der Waals surface area (Å²) >= 11 is 0. The number of aliphatic imine (C=N–C) groups is 1. The van der Waals surface area contributed by atoms with Gasteiger partial charge in [0.25, 0.3) is 0 Å². The molecule has 2 atom stereocenters. The molecule has 0 aromatic carbocycles. The first-order valence-electron chi connectivity index (χ1n) is 7.47. The Morgan fingerprint density at radius 2 is 1.89 bits per heavy atom. The molecular weight excluding hydrogens is 224 g/mol.